The number of carbonyl (C=O) groups excluding carboxylic acids is 1. The van der Waals surface area contributed by atoms with Crippen molar-refractivity contribution in [3.8, 4) is 0 Å². The average Bonchev–Trinajstić information content (AvgIpc) is 3.53. The van der Waals surface area contributed by atoms with E-state index in [1.54, 1.807) is 29.5 Å². The van der Waals surface area contributed by atoms with Gasteiger partial charge in [-0.25, -0.2) is 13.4 Å². The fraction of sp³-hybridized carbons (Fsp3) is 0.478. The normalized spacial score (nSPS) is 17.0. The van der Waals surface area contributed by atoms with E-state index in [4.69, 9.17) is 0 Å². The summed E-state index contributed by atoms with van der Waals surface area (Å²) in [5.74, 6) is 0.940. The minimum absolute atomic E-state index is 0.151. The molecule has 2 aromatic heterocycles. The lowest BCUT2D eigenvalue weighted by Gasteiger charge is -2.24. The van der Waals surface area contributed by atoms with Gasteiger partial charge in [0.25, 0.3) is 0 Å². The molecule has 1 amide bonds. The molecular weight excluding hydrogens is 444 g/mol. The SMILES string of the molecule is CCN(CC)S(=O)(=O)c1ccc2c(c1)nc(CCC(=O)N1CCCC1c1cccs1)n2C. The molecule has 7 nitrogen and oxygen atoms in total. The summed E-state index contributed by atoms with van der Waals surface area (Å²) >= 11 is 1.71. The van der Waals surface area contributed by atoms with Crippen LogP contribution in [0.3, 0.4) is 0 Å². The monoisotopic (exact) mass is 474 g/mol. The van der Waals surface area contributed by atoms with Gasteiger partial charge < -0.3 is 9.47 Å². The minimum Gasteiger partial charge on any atom is -0.335 e. The van der Waals surface area contributed by atoms with Crippen LogP contribution in [0.15, 0.2) is 40.6 Å². The minimum atomic E-state index is -3.54. The Morgan fingerprint density at radius 1 is 1.25 bits per heavy atom. The van der Waals surface area contributed by atoms with Crippen LogP contribution in [0.4, 0.5) is 0 Å². The Bertz CT molecular complexity index is 1200. The number of aryl methyl sites for hydroxylation is 2. The summed E-state index contributed by atoms with van der Waals surface area (Å²) < 4.78 is 29.1. The van der Waals surface area contributed by atoms with Gasteiger partial charge in [0.1, 0.15) is 5.82 Å². The van der Waals surface area contributed by atoms with E-state index in [0.29, 0.717) is 31.4 Å². The van der Waals surface area contributed by atoms with Crippen molar-refractivity contribution in [3.63, 3.8) is 0 Å². The van der Waals surface area contributed by atoms with Gasteiger partial charge in [-0.3, -0.25) is 4.79 Å². The van der Waals surface area contributed by atoms with E-state index in [9.17, 15) is 13.2 Å². The smallest absolute Gasteiger partial charge is 0.243 e. The van der Waals surface area contributed by atoms with Crippen LogP contribution in [0, 0.1) is 0 Å². The molecule has 1 aromatic carbocycles. The summed E-state index contributed by atoms with van der Waals surface area (Å²) in [5.41, 5.74) is 1.50. The van der Waals surface area contributed by atoms with E-state index >= 15 is 0 Å². The first kappa shape index (κ1) is 22.9. The predicted molar refractivity (Wildman–Crippen MR) is 127 cm³/mol. The molecule has 4 rings (SSSR count). The van der Waals surface area contributed by atoms with Gasteiger partial charge in [0.05, 0.1) is 22.0 Å². The zero-order valence-electron chi connectivity index (χ0n) is 18.8. The van der Waals surface area contributed by atoms with Crippen molar-refractivity contribution in [2.75, 3.05) is 19.6 Å². The number of aromatic nitrogens is 2. The number of imidazole rings is 1. The van der Waals surface area contributed by atoms with Crippen molar-refractivity contribution in [2.45, 2.75) is 50.5 Å². The molecule has 3 heterocycles. The largest absolute Gasteiger partial charge is 0.335 e. The highest BCUT2D eigenvalue weighted by Crippen LogP contribution is 2.35. The van der Waals surface area contributed by atoms with Gasteiger partial charge in [-0.05, 0) is 42.5 Å². The zero-order valence-corrected chi connectivity index (χ0v) is 20.5. The van der Waals surface area contributed by atoms with Gasteiger partial charge in [0.2, 0.25) is 15.9 Å². The molecule has 0 bridgehead atoms. The van der Waals surface area contributed by atoms with E-state index < -0.39 is 10.0 Å². The number of rotatable bonds is 8. The average molecular weight is 475 g/mol. The number of hydrogen-bond donors (Lipinski definition) is 0. The molecule has 1 aliphatic rings. The molecule has 0 N–H and O–H groups in total. The van der Waals surface area contributed by atoms with Crippen molar-refractivity contribution < 1.29 is 13.2 Å². The number of benzene rings is 1. The summed E-state index contributed by atoms with van der Waals surface area (Å²) in [6, 6.07) is 9.42. The second-order valence-corrected chi connectivity index (χ2v) is 11.0. The van der Waals surface area contributed by atoms with Crippen LogP contribution < -0.4 is 0 Å². The molecule has 0 saturated carbocycles. The van der Waals surface area contributed by atoms with Crippen molar-refractivity contribution in [1.29, 1.82) is 0 Å². The Labute approximate surface area is 193 Å². The first-order valence-electron chi connectivity index (χ1n) is 11.1. The Balaban J connectivity index is 1.51. The molecule has 32 heavy (non-hydrogen) atoms. The fourth-order valence-electron chi connectivity index (χ4n) is 4.53. The Morgan fingerprint density at radius 2 is 2.03 bits per heavy atom. The molecule has 0 aliphatic carbocycles. The Morgan fingerprint density at radius 3 is 2.72 bits per heavy atom. The highest BCUT2D eigenvalue weighted by atomic mass is 32.2. The maximum absolute atomic E-state index is 13.0. The maximum atomic E-state index is 13.0. The molecule has 0 radical (unpaired) electrons. The molecule has 1 saturated heterocycles. The van der Waals surface area contributed by atoms with Gasteiger partial charge in [-0.15, -0.1) is 11.3 Å². The van der Waals surface area contributed by atoms with Crippen LogP contribution in [0.1, 0.15) is 49.9 Å². The molecular formula is C23H30N4O3S2. The fourth-order valence-corrected chi connectivity index (χ4v) is 6.88. The van der Waals surface area contributed by atoms with E-state index in [1.165, 1.54) is 9.18 Å². The highest BCUT2D eigenvalue weighted by molar-refractivity contribution is 7.89. The topological polar surface area (TPSA) is 75.5 Å². The molecule has 172 valence electrons. The van der Waals surface area contributed by atoms with Crippen LogP contribution >= 0.6 is 11.3 Å². The third kappa shape index (κ3) is 4.21. The van der Waals surface area contributed by atoms with Gasteiger partial charge in [0, 0.05) is 44.4 Å². The molecule has 1 unspecified atom stereocenters. The van der Waals surface area contributed by atoms with Crippen molar-refractivity contribution in [2.24, 2.45) is 7.05 Å². The quantitative estimate of drug-likeness (QED) is 0.495. The van der Waals surface area contributed by atoms with Gasteiger partial charge in [-0.1, -0.05) is 19.9 Å². The number of thiophene rings is 1. The Kier molecular flexibility index (Phi) is 6.69. The lowest BCUT2D eigenvalue weighted by molar-refractivity contribution is -0.132. The van der Waals surface area contributed by atoms with Crippen LogP contribution in [0.5, 0.6) is 0 Å². The second kappa shape index (κ2) is 9.33. The van der Waals surface area contributed by atoms with Gasteiger partial charge in [0.15, 0.2) is 0 Å². The summed E-state index contributed by atoms with van der Waals surface area (Å²) in [7, 11) is -1.62. The second-order valence-electron chi connectivity index (χ2n) is 8.09. The number of nitrogens with zero attached hydrogens (tertiary/aromatic N) is 4. The molecule has 9 heteroatoms. The van der Waals surface area contributed by atoms with Crippen LogP contribution in [-0.4, -0.2) is 52.7 Å². The summed E-state index contributed by atoms with van der Waals surface area (Å²) in [6.45, 7) is 5.32. The number of sulfonamides is 1. The van der Waals surface area contributed by atoms with Gasteiger partial charge in [-0.2, -0.15) is 4.31 Å². The lowest BCUT2D eigenvalue weighted by Crippen LogP contribution is -2.30. The van der Waals surface area contributed by atoms with Crippen LogP contribution in [-0.2, 0) is 28.3 Å². The lowest BCUT2D eigenvalue weighted by atomic mass is 10.1. The molecule has 1 aliphatic heterocycles. The maximum Gasteiger partial charge on any atom is 0.243 e. The van der Waals surface area contributed by atoms with Crippen LogP contribution in [0.2, 0.25) is 0 Å². The zero-order chi connectivity index (χ0) is 22.9. The number of hydrogen-bond acceptors (Lipinski definition) is 5. The number of fused-ring (bicyclic) bond motifs is 1. The van der Waals surface area contributed by atoms with E-state index in [-0.39, 0.29) is 16.8 Å². The van der Waals surface area contributed by atoms with Gasteiger partial charge >= 0.3 is 0 Å². The van der Waals surface area contributed by atoms with Crippen LogP contribution in [0.25, 0.3) is 11.0 Å². The third-order valence-electron chi connectivity index (χ3n) is 6.30. The molecule has 1 atom stereocenters. The highest BCUT2D eigenvalue weighted by Gasteiger charge is 2.30. The molecule has 1 fully saturated rings. The summed E-state index contributed by atoms with van der Waals surface area (Å²) in [5, 5.41) is 2.06. The van der Waals surface area contributed by atoms with E-state index in [0.717, 1.165) is 30.7 Å². The first-order valence-corrected chi connectivity index (χ1v) is 13.5. The van der Waals surface area contributed by atoms with Crippen molar-refractivity contribution in [3.05, 3.63) is 46.4 Å². The molecule has 3 aromatic rings. The van der Waals surface area contributed by atoms with Crippen molar-refractivity contribution in [1.82, 2.24) is 18.8 Å². The predicted octanol–water partition coefficient (Wildman–Crippen LogP) is 3.96. The number of likely N-dealkylation sites (tertiary alicyclic amines) is 1. The number of amides is 1. The third-order valence-corrected chi connectivity index (χ3v) is 9.31. The Hall–Kier alpha value is -2.23. The summed E-state index contributed by atoms with van der Waals surface area (Å²) in [6.07, 6.45) is 2.96. The summed E-state index contributed by atoms with van der Waals surface area (Å²) in [4.78, 5) is 21.2. The molecule has 0 spiro atoms. The van der Waals surface area contributed by atoms with E-state index in [2.05, 4.69) is 16.4 Å². The number of carbonyl (C=O) groups is 1. The van der Waals surface area contributed by atoms with Crippen molar-refractivity contribution >= 4 is 38.3 Å². The first-order chi connectivity index (χ1) is 15.4. The van der Waals surface area contributed by atoms with E-state index in [1.807, 2.05) is 36.4 Å². The standard InChI is InChI=1S/C23H30N4O3S2/c1-4-26(5-2)32(29,30)17-10-11-19-18(16-17)24-22(25(19)3)12-13-23(28)27-14-6-8-20(27)21-9-7-15-31-21/h7,9-11,15-16,20H,4-6,8,12-14H2,1-3H3.